The molecule has 66 valence electrons. The SMILES string of the molecule is CC(=N)C(C)(C(C)C)C(C)C. The zero-order valence-corrected chi connectivity index (χ0v) is 8.65. The van der Waals surface area contributed by atoms with Crippen molar-refractivity contribution in [3.63, 3.8) is 0 Å². The van der Waals surface area contributed by atoms with Gasteiger partial charge in [0.2, 0.25) is 0 Å². The third-order valence-corrected chi connectivity index (χ3v) is 3.21. The zero-order chi connectivity index (χ0) is 9.23. The molecule has 1 N–H and O–H groups in total. The molecular formula is C10H21N. The van der Waals surface area contributed by atoms with E-state index in [1.54, 1.807) is 0 Å². The van der Waals surface area contributed by atoms with Crippen molar-refractivity contribution in [3.05, 3.63) is 0 Å². The van der Waals surface area contributed by atoms with Crippen LogP contribution in [-0.4, -0.2) is 5.71 Å². The van der Waals surface area contributed by atoms with Gasteiger partial charge in [-0.3, -0.25) is 0 Å². The van der Waals surface area contributed by atoms with Crippen LogP contribution in [0.2, 0.25) is 0 Å². The third-order valence-electron chi connectivity index (χ3n) is 3.21. The number of hydrogen-bond acceptors (Lipinski definition) is 1. The Kier molecular flexibility index (Phi) is 3.28. The highest BCUT2D eigenvalue weighted by Gasteiger charge is 2.33. The van der Waals surface area contributed by atoms with Crippen LogP contribution < -0.4 is 0 Å². The molecule has 11 heavy (non-hydrogen) atoms. The van der Waals surface area contributed by atoms with E-state index in [1.807, 2.05) is 6.92 Å². The summed E-state index contributed by atoms with van der Waals surface area (Å²) < 4.78 is 0. The molecule has 0 aliphatic heterocycles. The van der Waals surface area contributed by atoms with Gasteiger partial charge in [0.25, 0.3) is 0 Å². The molecular weight excluding hydrogens is 134 g/mol. The first-order valence-corrected chi connectivity index (χ1v) is 4.39. The fourth-order valence-corrected chi connectivity index (χ4v) is 1.53. The number of rotatable bonds is 3. The summed E-state index contributed by atoms with van der Waals surface area (Å²) in [6.45, 7) is 12.9. The van der Waals surface area contributed by atoms with Gasteiger partial charge in [-0.05, 0) is 18.8 Å². The molecule has 0 saturated heterocycles. The van der Waals surface area contributed by atoms with Crippen LogP contribution in [0.15, 0.2) is 0 Å². The molecule has 0 spiro atoms. The van der Waals surface area contributed by atoms with Gasteiger partial charge in [0, 0.05) is 11.1 Å². The Bertz CT molecular complexity index is 137. The lowest BCUT2D eigenvalue weighted by Gasteiger charge is -2.37. The van der Waals surface area contributed by atoms with Crippen molar-refractivity contribution >= 4 is 5.71 Å². The minimum Gasteiger partial charge on any atom is -0.309 e. The fraction of sp³-hybridized carbons (Fsp3) is 0.900. The minimum atomic E-state index is 0.0833. The quantitative estimate of drug-likeness (QED) is 0.604. The molecule has 0 radical (unpaired) electrons. The van der Waals surface area contributed by atoms with Crippen LogP contribution in [0.25, 0.3) is 0 Å². The highest BCUT2D eigenvalue weighted by Crippen LogP contribution is 2.36. The van der Waals surface area contributed by atoms with Crippen molar-refractivity contribution in [2.75, 3.05) is 0 Å². The van der Waals surface area contributed by atoms with Gasteiger partial charge in [-0.2, -0.15) is 0 Å². The highest BCUT2D eigenvalue weighted by atomic mass is 14.5. The molecule has 0 saturated carbocycles. The molecule has 0 aliphatic rings. The molecule has 0 aliphatic carbocycles. The maximum Gasteiger partial charge on any atom is 0.0122 e. The first-order chi connectivity index (χ1) is 4.83. The average molecular weight is 155 g/mol. The molecule has 0 bridgehead atoms. The van der Waals surface area contributed by atoms with Gasteiger partial charge in [0.1, 0.15) is 0 Å². The van der Waals surface area contributed by atoms with Crippen molar-refractivity contribution < 1.29 is 0 Å². The van der Waals surface area contributed by atoms with E-state index in [4.69, 9.17) is 5.41 Å². The second-order valence-electron chi connectivity index (χ2n) is 4.22. The van der Waals surface area contributed by atoms with Crippen molar-refractivity contribution in [3.8, 4) is 0 Å². The Hall–Kier alpha value is -0.330. The van der Waals surface area contributed by atoms with Crippen LogP contribution in [0.3, 0.4) is 0 Å². The minimum absolute atomic E-state index is 0.0833. The van der Waals surface area contributed by atoms with Crippen LogP contribution in [-0.2, 0) is 0 Å². The van der Waals surface area contributed by atoms with E-state index < -0.39 is 0 Å². The molecule has 1 nitrogen and oxygen atoms in total. The summed E-state index contributed by atoms with van der Waals surface area (Å²) in [7, 11) is 0. The zero-order valence-electron chi connectivity index (χ0n) is 8.65. The largest absolute Gasteiger partial charge is 0.309 e. The van der Waals surface area contributed by atoms with Gasteiger partial charge in [-0.25, -0.2) is 0 Å². The number of hydrogen-bond donors (Lipinski definition) is 1. The van der Waals surface area contributed by atoms with Crippen LogP contribution in [0.4, 0.5) is 0 Å². The Balaban J connectivity index is 4.67. The monoisotopic (exact) mass is 155 g/mol. The van der Waals surface area contributed by atoms with Gasteiger partial charge < -0.3 is 5.41 Å². The predicted molar refractivity (Wildman–Crippen MR) is 51.2 cm³/mol. The average Bonchev–Trinajstić information content (AvgIpc) is 1.84. The van der Waals surface area contributed by atoms with Crippen molar-refractivity contribution in [1.82, 2.24) is 0 Å². The Labute approximate surface area is 70.7 Å². The second kappa shape index (κ2) is 3.38. The van der Waals surface area contributed by atoms with Crippen LogP contribution in [0.5, 0.6) is 0 Å². The fourth-order valence-electron chi connectivity index (χ4n) is 1.53. The topological polar surface area (TPSA) is 23.9 Å². The van der Waals surface area contributed by atoms with Gasteiger partial charge in [0.05, 0.1) is 0 Å². The molecule has 0 rings (SSSR count). The summed E-state index contributed by atoms with van der Waals surface area (Å²) in [5.74, 6) is 1.11. The second-order valence-corrected chi connectivity index (χ2v) is 4.22. The van der Waals surface area contributed by atoms with Crippen LogP contribution in [0.1, 0.15) is 41.5 Å². The first-order valence-electron chi connectivity index (χ1n) is 4.39. The van der Waals surface area contributed by atoms with E-state index >= 15 is 0 Å². The van der Waals surface area contributed by atoms with Crippen molar-refractivity contribution in [2.45, 2.75) is 41.5 Å². The van der Waals surface area contributed by atoms with E-state index in [-0.39, 0.29) is 5.41 Å². The lowest BCUT2D eigenvalue weighted by atomic mass is 9.68. The van der Waals surface area contributed by atoms with Gasteiger partial charge in [-0.1, -0.05) is 34.6 Å². The van der Waals surface area contributed by atoms with E-state index in [1.165, 1.54) is 0 Å². The summed E-state index contributed by atoms with van der Waals surface area (Å²) in [5, 5.41) is 7.71. The summed E-state index contributed by atoms with van der Waals surface area (Å²) >= 11 is 0. The highest BCUT2D eigenvalue weighted by molar-refractivity contribution is 5.85. The standard InChI is InChI=1S/C10H21N/c1-7(2)10(6,8(3)4)9(5)11/h7-8,11H,1-6H3. The van der Waals surface area contributed by atoms with E-state index in [0.717, 1.165) is 5.71 Å². The molecule has 0 aromatic heterocycles. The number of nitrogens with one attached hydrogen (secondary N) is 1. The summed E-state index contributed by atoms with van der Waals surface area (Å²) in [6, 6.07) is 0. The maximum atomic E-state index is 7.71. The molecule has 0 heterocycles. The third kappa shape index (κ3) is 1.82. The van der Waals surface area contributed by atoms with Crippen molar-refractivity contribution in [2.24, 2.45) is 17.3 Å². The molecule has 0 atom stereocenters. The van der Waals surface area contributed by atoms with E-state index in [0.29, 0.717) is 11.8 Å². The first kappa shape index (κ1) is 10.7. The summed E-state index contributed by atoms with van der Waals surface area (Å²) in [4.78, 5) is 0. The molecule has 0 aromatic rings. The van der Waals surface area contributed by atoms with Gasteiger partial charge in [0.15, 0.2) is 0 Å². The Morgan fingerprint density at radius 3 is 1.36 bits per heavy atom. The molecule has 1 heteroatoms. The van der Waals surface area contributed by atoms with Gasteiger partial charge in [-0.15, -0.1) is 0 Å². The lowest BCUT2D eigenvalue weighted by molar-refractivity contribution is 0.232. The van der Waals surface area contributed by atoms with E-state index in [9.17, 15) is 0 Å². The summed E-state index contributed by atoms with van der Waals surface area (Å²) in [6.07, 6.45) is 0. The van der Waals surface area contributed by atoms with Gasteiger partial charge >= 0.3 is 0 Å². The molecule has 0 amide bonds. The molecule has 0 unspecified atom stereocenters. The smallest absolute Gasteiger partial charge is 0.0122 e. The molecule has 0 aromatic carbocycles. The normalized spacial score (nSPS) is 12.7. The molecule has 0 fully saturated rings. The Morgan fingerprint density at radius 1 is 1.09 bits per heavy atom. The summed E-state index contributed by atoms with van der Waals surface area (Å²) in [5.41, 5.74) is 0.891. The van der Waals surface area contributed by atoms with Crippen LogP contribution >= 0.6 is 0 Å². The van der Waals surface area contributed by atoms with Crippen LogP contribution in [0, 0.1) is 22.7 Å². The Morgan fingerprint density at radius 2 is 1.36 bits per heavy atom. The van der Waals surface area contributed by atoms with Crippen molar-refractivity contribution in [1.29, 1.82) is 5.41 Å². The van der Waals surface area contributed by atoms with E-state index in [2.05, 4.69) is 34.6 Å². The predicted octanol–water partition coefficient (Wildman–Crippen LogP) is 3.34. The lowest BCUT2D eigenvalue weighted by Crippen LogP contribution is -2.36. The maximum absolute atomic E-state index is 7.71.